The van der Waals surface area contributed by atoms with E-state index in [0.29, 0.717) is 17.8 Å². The SMILES string of the molecule is CCC(=NCCO)c1c(O)n(-c2ccccc2C)c(=O)[nH]c1=O. The number of hydrogen-bond donors (Lipinski definition) is 3. The van der Waals surface area contributed by atoms with Crippen molar-refractivity contribution in [1.29, 1.82) is 0 Å². The van der Waals surface area contributed by atoms with Gasteiger partial charge in [-0.05, 0) is 25.0 Å². The van der Waals surface area contributed by atoms with Crippen LogP contribution in [0.1, 0.15) is 24.5 Å². The number of hydrogen-bond acceptors (Lipinski definition) is 5. The summed E-state index contributed by atoms with van der Waals surface area (Å²) in [4.78, 5) is 30.6. The molecule has 3 N–H and O–H groups in total. The molecule has 2 aromatic rings. The molecule has 0 saturated carbocycles. The molecule has 0 bridgehead atoms. The van der Waals surface area contributed by atoms with E-state index in [-0.39, 0.29) is 18.7 Å². The largest absolute Gasteiger partial charge is 0.493 e. The van der Waals surface area contributed by atoms with Crippen molar-refractivity contribution < 1.29 is 10.2 Å². The lowest BCUT2D eigenvalue weighted by molar-refractivity contribution is 0.307. The molecule has 1 aromatic heterocycles. The van der Waals surface area contributed by atoms with Crippen molar-refractivity contribution in [2.45, 2.75) is 20.3 Å². The number of aryl methyl sites for hydroxylation is 1. The molecule has 0 amide bonds. The number of benzene rings is 1. The number of para-hydroxylation sites is 1. The highest BCUT2D eigenvalue weighted by Gasteiger charge is 2.19. The number of aliphatic hydroxyl groups is 1. The van der Waals surface area contributed by atoms with Crippen LogP contribution in [0.25, 0.3) is 5.69 Å². The predicted octanol–water partition coefficient (Wildman–Crippen LogP) is 0.731. The Bertz CT molecular complexity index is 849. The van der Waals surface area contributed by atoms with Gasteiger partial charge in [-0.1, -0.05) is 25.1 Å². The quantitative estimate of drug-likeness (QED) is 0.707. The number of rotatable bonds is 5. The van der Waals surface area contributed by atoms with Gasteiger partial charge in [0.25, 0.3) is 5.56 Å². The van der Waals surface area contributed by atoms with Crippen molar-refractivity contribution in [3.63, 3.8) is 0 Å². The fourth-order valence-electron chi connectivity index (χ4n) is 2.38. The van der Waals surface area contributed by atoms with Crippen LogP contribution >= 0.6 is 0 Å². The minimum atomic E-state index is -0.719. The fraction of sp³-hybridized carbons (Fsp3) is 0.312. The first-order chi connectivity index (χ1) is 11.0. The second-order valence-electron chi connectivity index (χ2n) is 4.99. The molecule has 0 aliphatic rings. The Morgan fingerprint density at radius 3 is 2.61 bits per heavy atom. The van der Waals surface area contributed by atoms with Gasteiger partial charge in [-0.15, -0.1) is 0 Å². The molecular weight excluding hydrogens is 298 g/mol. The summed E-state index contributed by atoms with van der Waals surface area (Å²) in [6, 6.07) is 7.02. The normalized spacial score (nSPS) is 11.7. The van der Waals surface area contributed by atoms with Gasteiger partial charge in [0.2, 0.25) is 5.88 Å². The van der Waals surface area contributed by atoms with Crippen LogP contribution in [0.3, 0.4) is 0 Å². The second-order valence-corrected chi connectivity index (χ2v) is 4.99. The summed E-state index contributed by atoms with van der Waals surface area (Å²) in [6.45, 7) is 3.52. The summed E-state index contributed by atoms with van der Waals surface area (Å²) in [6.07, 6.45) is 0.378. The number of aliphatic hydroxyl groups excluding tert-OH is 1. The Kier molecular flexibility index (Phi) is 5.13. The summed E-state index contributed by atoms with van der Waals surface area (Å²) in [5, 5.41) is 19.4. The molecule has 0 unspecified atom stereocenters. The molecule has 0 saturated heterocycles. The molecule has 2 rings (SSSR count). The van der Waals surface area contributed by atoms with Crippen molar-refractivity contribution in [3.05, 3.63) is 56.2 Å². The first kappa shape index (κ1) is 16.7. The zero-order valence-corrected chi connectivity index (χ0v) is 13.0. The van der Waals surface area contributed by atoms with Gasteiger partial charge in [0.05, 0.1) is 24.6 Å². The summed E-state index contributed by atoms with van der Waals surface area (Å²) in [5.41, 5.74) is 0.112. The molecule has 7 heteroatoms. The molecule has 122 valence electrons. The Labute approximate surface area is 132 Å². The minimum Gasteiger partial charge on any atom is -0.493 e. The van der Waals surface area contributed by atoms with Crippen LogP contribution < -0.4 is 11.2 Å². The third-order valence-corrected chi connectivity index (χ3v) is 3.47. The van der Waals surface area contributed by atoms with E-state index in [9.17, 15) is 14.7 Å². The lowest BCUT2D eigenvalue weighted by atomic mass is 10.1. The van der Waals surface area contributed by atoms with E-state index in [1.165, 1.54) is 0 Å². The zero-order chi connectivity index (χ0) is 17.0. The fourth-order valence-corrected chi connectivity index (χ4v) is 2.38. The number of aromatic nitrogens is 2. The van der Waals surface area contributed by atoms with Crippen molar-refractivity contribution in [2.75, 3.05) is 13.2 Å². The summed E-state index contributed by atoms with van der Waals surface area (Å²) in [5.74, 6) is -0.452. The summed E-state index contributed by atoms with van der Waals surface area (Å²) in [7, 11) is 0. The first-order valence-electron chi connectivity index (χ1n) is 7.30. The average molecular weight is 317 g/mol. The molecule has 0 fully saturated rings. The highest BCUT2D eigenvalue weighted by molar-refractivity contribution is 6.02. The number of aliphatic imine (C=N–C) groups is 1. The maximum absolute atomic E-state index is 12.2. The van der Waals surface area contributed by atoms with Crippen molar-refractivity contribution >= 4 is 5.71 Å². The van der Waals surface area contributed by atoms with Gasteiger partial charge in [-0.3, -0.25) is 14.8 Å². The second kappa shape index (κ2) is 7.06. The number of nitrogens with one attached hydrogen (secondary N) is 1. The van der Waals surface area contributed by atoms with Crippen LogP contribution in [0.2, 0.25) is 0 Å². The molecule has 1 heterocycles. The monoisotopic (exact) mass is 317 g/mol. The third-order valence-electron chi connectivity index (χ3n) is 3.47. The maximum atomic E-state index is 12.2. The number of aromatic amines is 1. The van der Waals surface area contributed by atoms with E-state index >= 15 is 0 Å². The maximum Gasteiger partial charge on any atom is 0.335 e. The minimum absolute atomic E-state index is 0.0520. The smallest absolute Gasteiger partial charge is 0.335 e. The number of nitrogens with zero attached hydrogens (tertiary/aromatic N) is 2. The van der Waals surface area contributed by atoms with Crippen molar-refractivity contribution in [1.82, 2.24) is 9.55 Å². The zero-order valence-electron chi connectivity index (χ0n) is 13.0. The first-order valence-corrected chi connectivity index (χ1v) is 7.30. The van der Waals surface area contributed by atoms with E-state index in [2.05, 4.69) is 9.98 Å². The van der Waals surface area contributed by atoms with E-state index in [4.69, 9.17) is 5.11 Å². The van der Waals surface area contributed by atoms with Crippen LogP contribution in [-0.4, -0.2) is 38.6 Å². The van der Waals surface area contributed by atoms with Gasteiger partial charge in [0.15, 0.2) is 0 Å². The van der Waals surface area contributed by atoms with E-state index < -0.39 is 17.1 Å². The molecule has 0 atom stereocenters. The molecule has 1 aromatic carbocycles. The van der Waals surface area contributed by atoms with Crippen LogP contribution in [0.4, 0.5) is 0 Å². The van der Waals surface area contributed by atoms with Gasteiger partial charge >= 0.3 is 5.69 Å². The topological polar surface area (TPSA) is 108 Å². The predicted molar refractivity (Wildman–Crippen MR) is 87.8 cm³/mol. The standard InChI is InChI=1S/C16H19N3O4/c1-3-11(17-8-9-20)13-14(21)18-16(23)19(15(13)22)12-7-5-4-6-10(12)2/h4-7,20,22H,3,8-9H2,1-2H3,(H,18,21,23). The third kappa shape index (κ3) is 3.24. The molecule has 0 aliphatic heterocycles. The van der Waals surface area contributed by atoms with E-state index in [1.54, 1.807) is 32.0 Å². The Morgan fingerprint density at radius 2 is 2.00 bits per heavy atom. The highest BCUT2D eigenvalue weighted by Crippen LogP contribution is 2.20. The van der Waals surface area contributed by atoms with Gasteiger partial charge in [0, 0.05) is 0 Å². The molecule has 23 heavy (non-hydrogen) atoms. The van der Waals surface area contributed by atoms with Gasteiger partial charge in [-0.25, -0.2) is 9.36 Å². The molecular formula is C16H19N3O4. The Hall–Kier alpha value is -2.67. The van der Waals surface area contributed by atoms with Crippen molar-refractivity contribution in [3.8, 4) is 11.6 Å². The van der Waals surface area contributed by atoms with Crippen LogP contribution in [-0.2, 0) is 0 Å². The van der Waals surface area contributed by atoms with Gasteiger partial charge < -0.3 is 10.2 Å². The number of H-pyrrole nitrogens is 1. The molecule has 7 nitrogen and oxygen atoms in total. The summed E-state index contributed by atoms with van der Waals surface area (Å²) >= 11 is 0. The summed E-state index contributed by atoms with van der Waals surface area (Å²) < 4.78 is 1.05. The Morgan fingerprint density at radius 1 is 1.30 bits per heavy atom. The lowest BCUT2D eigenvalue weighted by Gasteiger charge is -2.14. The van der Waals surface area contributed by atoms with Gasteiger partial charge in [-0.2, -0.15) is 0 Å². The van der Waals surface area contributed by atoms with E-state index in [1.807, 2.05) is 6.07 Å². The van der Waals surface area contributed by atoms with Gasteiger partial charge in [0.1, 0.15) is 5.56 Å². The lowest BCUT2D eigenvalue weighted by Crippen LogP contribution is -2.33. The molecule has 0 aliphatic carbocycles. The molecule has 0 spiro atoms. The Balaban J connectivity index is 2.78. The van der Waals surface area contributed by atoms with Crippen LogP contribution in [0, 0.1) is 6.92 Å². The van der Waals surface area contributed by atoms with Crippen LogP contribution in [0.15, 0.2) is 38.8 Å². The average Bonchev–Trinajstić information content (AvgIpc) is 2.52. The highest BCUT2D eigenvalue weighted by atomic mass is 16.3. The molecule has 0 radical (unpaired) electrons. The van der Waals surface area contributed by atoms with E-state index in [0.717, 1.165) is 10.1 Å². The van der Waals surface area contributed by atoms with Crippen LogP contribution in [0.5, 0.6) is 5.88 Å². The van der Waals surface area contributed by atoms with Crippen molar-refractivity contribution in [2.24, 2.45) is 4.99 Å². The number of aromatic hydroxyl groups is 1.